The van der Waals surface area contributed by atoms with Crippen LogP contribution in [0.25, 0.3) is 54.9 Å². The van der Waals surface area contributed by atoms with Crippen molar-refractivity contribution in [3.8, 4) is 33.4 Å². The molecule has 0 amide bonds. The minimum absolute atomic E-state index is 0.134. The van der Waals surface area contributed by atoms with E-state index >= 15 is 0 Å². The van der Waals surface area contributed by atoms with Gasteiger partial charge >= 0.3 is 37.9 Å². The molecular formula is C68H81Cl2SiZr-3. The van der Waals surface area contributed by atoms with Crippen LogP contribution in [0.1, 0.15) is 168 Å². The van der Waals surface area contributed by atoms with Crippen molar-refractivity contribution in [1.29, 1.82) is 0 Å². The van der Waals surface area contributed by atoms with Gasteiger partial charge in [-0.1, -0.05) is 217 Å². The van der Waals surface area contributed by atoms with Crippen molar-refractivity contribution in [1.82, 2.24) is 0 Å². The van der Waals surface area contributed by atoms with Crippen LogP contribution in [0.2, 0.25) is 0 Å². The molecule has 0 nitrogen and oxygen atoms in total. The molecule has 72 heavy (non-hydrogen) atoms. The van der Waals surface area contributed by atoms with E-state index in [1.807, 2.05) is 6.07 Å². The van der Waals surface area contributed by atoms with Crippen molar-refractivity contribution in [2.75, 3.05) is 0 Å². The van der Waals surface area contributed by atoms with E-state index in [2.05, 4.69) is 238 Å². The van der Waals surface area contributed by atoms with Gasteiger partial charge in [-0.05, 0) is 80.7 Å². The first-order valence-corrected chi connectivity index (χ1v) is 33.9. The summed E-state index contributed by atoms with van der Waals surface area (Å²) in [6, 6.07) is 51.7. The fourth-order valence-corrected chi connectivity index (χ4v) is 11.1. The van der Waals surface area contributed by atoms with E-state index in [0.29, 0.717) is 0 Å². The van der Waals surface area contributed by atoms with Gasteiger partial charge in [-0.15, -0.1) is 74.6 Å². The van der Waals surface area contributed by atoms with Gasteiger partial charge in [-0.3, -0.25) is 0 Å². The van der Waals surface area contributed by atoms with Crippen LogP contribution >= 0.6 is 17.0 Å². The molecule has 8 aromatic rings. The summed E-state index contributed by atoms with van der Waals surface area (Å²) in [4.78, 5) is 0. The summed E-state index contributed by atoms with van der Waals surface area (Å²) in [5, 5.41) is 8.43. The summed E-state index contributed by atoms with van der Waals surface area (Å²) in [6.45, 7) is 36.9. The number of rotatable bonds is 8. The summed E-state index contributed by atoms with van der Waals surface area (Å²) in [5.41, 5.74) is 20.5. The smallest absolute Gasteiger partial charge is 0.0920 e. The zero-order valence-electron chi connectivity index (χ0n) is 46.6. The molecule has 0 atom stereocenters. The molecule has 8 aromatic carbocycles. The maximum atomic E-state index is 4.93. The van der Waals surface area contributed by atoms with Crippen LogP contribution in [0.15, 0.2) is 127 Å². The summed E-state index contributed by atoms with van der Waals surface area (Å²) in [6.07, 6.45) is 6.78. The van der Waals surface area contributed by atoms with Gasteiger partial charge < -0.3 is 0 Å². The number of aryl methyl sites for hydroxylation is 4. The second-order valence-corrected chi connectivity index (χ2v) is 29.0. The van der Waals surface area contributed by atoms with Gasteiger partial charge in [-0.25, -0.2) is 0 Å². The molecule has 1 aliphatic rings. The monoisotopic (exact) mass is 1090 g/mol. The predicted molar refractivity (Wildman–Crippen MR) is 319 cm³/mol. The topological polar surface area (TPSA) is 0 Å². The molecule has 0 fully saturated rings. The van der Waals surface area contributed by atoms with E-state index < -0.39 is 20.8 Å². The maximum Gasteiger partial charge on any atom is 0.0920 e. The SMILES string of the molecule is CCCc1ccc2[cH-]c(CC)cc2c1-c1cc(C(C)(C)C)cc(C(C)(C)C)c1.CCCc1ccc2[cH-]c(CC)cc2c1-c1cc(C(C)(C)C)cc(C(C)(C)C)c1.[Cl][Zr][Cl].[c-]1cccc2c1[Si]c1ccccc1-2. The van der Waals surface area contributed by atoms with Crippen LogP contribution < -0.4 is 10.4 Å². The van der Waals surface area contributed by atoms with E-state index in [0.717, 1.165) is 35.2 Å². The van der Waals surface area contributed by atoms with Crippen molar-refractivity contribution in [3.05, 3.63) is 178 Å². The van der Waals surface area contributed by atoms with Gasteiger partial charge in [0.15, 0.2) is 0 Å². The van der Waals surface area contributed by atoms with Gasteiger partial charge in [0.25, 0.3) is 0 Å². The predicted octanol–water partition coefficient (Wildman–Crippen LogP) is 19.2. The average molecular weight is 1090 g/mol. The third kappa shape index (κ3) is 13.9. The first kappa shape index (κ1) is 57.5. The molecule has 378 valence electrons. The molecule has 4 heteroatoms. The first-order valence-electron chi connectivity index (χ1n) is 26.5. The maximum absolute atomic E-state index is 4.93. The number of benzene rings is 6. The third-order valence-corrected chi connectivity index (χ3v) is 15.5. The van der Waals surface area contributed by atoms with Crippen molar-refractivity contribution in [3.63, 3.8) is 0 Å². The Kier molecular flexibility index (Phi) is 19.4. The molecule has 1 heterocycles. The second kappa shape index (κ2) is 24.3. The van der Waals surface area contributed by atoms with E-state index in [-0.39, 0.29) is 21.7 Å². The second-order valence-electron chi connectivity index (χ2n) is 23.9. The molecule has 0 saturated carbocycles. The van der Waals surface area contributed by atoms with Crippen molar-refractivity contribution >= 4 is 58.5 Å². The standard InChI is InChI=1S/2C28H37.C12H7Si.2ClH.Zr/c2*1-9-11-20-12-13-21-14-19(10-2)15-25(21)26(20)22-16-23(27(3,4)5)18-24(17-22)28(6,7)8;1-3-7-11-9(5-1)10-6-2-4-8-12(10)13-11;;;/h2*12-18H,9-11H2,1-8H3;1-7H;2*1H;/q3*-1;;;+2/p-2. The Bertz CT molecular complexity index is 2800. The molecular weight excluding hydrogens is 1010 g/mol. The van der Waals surface area contributed by atoms with E-state index in [1.54, 1.807) is 0 Å². The molecule has 0 aliphatic carbocycles. The van der Waals surface area contributed by atoms with Crippen molar-refractivity contribution < 1.29 is 20.8 Å². The Morgan fingerprint density at radius 2 is 0.875 bits per heavy atom. The summed E-state index contributed by atoms with van der Waals surface area (Å²) in [5.74, 6) is 0. The number of hydrogen-bond donors (Lipinski definition) is 0. The average Bonchev–Trinajstić information content (AvgIpc) is 4.06. The summed E-state index contributed by atoms with van der Waals surface area (Å²) >= 11 is -0.826. The van der Waals surface area contributed by atoms with Gasteiger partial charge in [0.05, 0.1) is 9.52 Å². The first-order chi connectivity index (χ1) is 33.9. The van der Waals surface area contributed by atoms with Crippen LogP contribution in [0.3, 0.4) is 0 Å². The van der Waals surface area contributed by atoms with Gasteiger partial charge in [0.2, 0.25) is 0 Å². The Balaban J connectivity index is 0.000000181. The number of hydrogen-bond acceptors (Lipinski definition) is 0. The summed E-state index contributed by atoms with van der Waals surface area (Å²) in [7, 11) is 10.7. The zero-order valence-corrected chi connectivity index (χ0v) is 51.6. The molecule has 0 unspecified atom stereocenters. The van der Waals surface area contributed by atoms with Crippen LogP contribution in [0.4, 0.5) is 0 Å². The minimum atomic E-state index is -0.826. The fourth-order valence-electron chi connectivity index (χ4n) is 9.83. The Labute approximate surface area is 458 Å². The van der Waals surface area contributed by atoms with Crippen LogP contribution in [-0.2, 0) is 68.2 Å². The zero-order chi connectivity index (χ0) is 52.8. The molecule has 0 saturated heterocycles. The summed E-state index contributed by atoms with van der Waals surface area (Å²) < 4.78 is 0. The molecule has 0 spiro atoms. The number of halogens is 2. The van der Waals surface area contributed by atoms with Gasteiger partial charge in [-0.2, -0.15) is 41.6 Å². The molecule has 2 radical (unpaired) electrons. The van der Waals surface area contributed by atoms with E-state index in [1.165, 1.54) is 123 Å². The normalized spacial score (nSPS) is 12.3. The van der Waals surface area contributed by atoms with Crippen molar-refractivity contribution in [2.24, 2.45) is 0 Å². The van der Waals surface area contributed by atoms with E-state index in [9.17, 15) is 0 Å². The quantitative estimate of drug-likeness (QED) is 0.105. The van der Waals surface area contributed by atoms with Crippen LogP contribution in [0, 0.1) is 6.07 Å². The molecule has 9 rings (SSSR count). The molecule has 1 aliphatic heterocycles. The Hall–Kier alpha value is -3.78. The van der Waals surface area contributed by atoms with Crippen LogP contribution in [0.5, 0.6) is 0 Å². The molecule has 0 bridgehead atoms. The Morgan fingerprint density at radius 1 is 0.486 bits per heavy atom. The Morgan fingerprint density at radius 3 is 1.25 bits per heavy atom. The fraction of sp³-hybridized carbons (Fsp3) is 0.382. The van der Waals surface area contributed by atoms with Crippen molar-refractivity contribution in [2.45, 2.75) is 171 Å². The third-order valence-electron chi connectivity index (χ3n) is 14.2. The largest absolute Gasteiger partial charge is 0.184 e. The van der Waals surface area contributed by atoms with Crippen LogP contribution in [-0.4, -0.2) is 9.52 Å². The minimum Gasteiger partial charge on any atom is -0.184 e. The molecule has 0 aromatic heterocycles. The van der Waals surface area contributed by atoms with Gasteiger partial charge in [0.1, 0.15) is 0 Å². The van der Waals surface area contributed by atoms with E-state index in [4.69, 9.17) is 17.0 Å². The number of fused-ring (bicyclic) bond motifs is 5. The van der Waals surface area contributed by atoms with Gasteiger partial charge in [0, 0.05) is 0 Å². The molecule has 0 N–H and O–H groups in total.